The van der Waals surface area contributed by atoms with E-state index in [2.05, 4.69) is 20.2 Å². The van der Waals surface area contributed by atoms with Gasteiger partial charge >= 0.3 is 5.69 Å². The lowest BCUT2D eigenvalue weighted by Crippen LogP contribution is -2.51. The molecular formula is C33H40N6O4. The number of hydrogen-bond acceptors (Lipinski definition) is 7. The van der Waals surface area contributed by atoms with Crippen LogP contribution in [0.15, 0.2) is 83.9 Å². The molecule has 1 saturated heterocycles. The molecule has 0 saturated carbocycles. The molecule has 5 rings (SSSR count). The van der Waals surface area contributed by atoms with Gasteiger partial charge in [0.2, 0.25) is 5.91 Å². The van der Waals surface area contributed by atoms with Crippen molar-refractivity contribution in [1.82, 2.24) is 24.6 Å². The monoisotopic (exact) mass is 584 g/mol. The number of rotatable bonds is 11. The molecule has 1 aliphatic heterocycles. The molecule has 43 heavy (non-hydrogen) atoms. The lowest BCUT2D eigenvalue weighted by molar-refractivity contribution is -0.126. The first-order chi connectivity index (χ1) is 20.9. The minimum absolute atomic E-state index is 0.00290. The summed E-state index contributed by atoms with van der Waals surface area (Å²) in [5.74, 6) is 1.36. The molecule has 1 atom stereocenters. The van der Waals surface area contributed by atoms with E-state index < -0.39 is 0 Å². The number of anilines is 1. The van der Waals surface area contributed by atoms with E-state index in [-0.39, 0.29) is 23.7 Å². The average molecular weight is 585 g/mol. The average Bonchev–Trinajstić information content (AvgIpc) is 3.43. The maximum absolute atomic E-state index is 13.6. The molecule has 2 heterocycles. The van der Waals surface area contributed by atoms with E-state index in [1.165, 1.54) is 4.68 Å². The highest BCUT2D eigenvalue weighted by Gasteiger charge is 2.30. The standard InChI is InChI=1S/C33H40N6O4/c1-24(2)39-33(41)38(23-35-39)28-13-11-27(12-14-28)36-18-20-37(21-19-36)31(26-8-6-5-7-9-26)32(40)34-17-16-25-10-15-29(42-3)30(22-25)43-4/h5-15,22-24,31H,16-21H2,1-4H3,(H,34,40). The maximum Gasteiger partial charge on any atom is 0.350 e. The van der Waals surface area contributed by atoms with Crippen molar-refractivity contribution >= 4 is 11.6 Å². The van der Waals surface area contributed by atoms with Crippen LogP contribution in [0, 0.1) is 0 Å². The molecule has 10 nitrogen and oxygen atoms in total. The van der Waals surface area contributed by atoms with Crippen LogP contribution < -0.4 is 25.4 Å². The Bertz CT molecular complexity index is 1560. The number of nitrogens with one attached hydrogen (secondary N) is 1. The van der Waals surface area contributed by atoms with Crippen LogP contribution in [0.4, 0.5) is 5.69 Å². The van der Waals surface area contributed by atoms with Crippen LogP contribution in [0.25, 0.3) is 5.69 Å². The van der Waals surface area contributed by atoms with Crippen LogP contribution in [-0.2, 0) is 11.2 Å². The minimum Gasteiger partial charge on any atom is -0.493 e. The second-order valence-corrected chi connectivity index (χ2v) is 10.9. The highest BCUT2D eigenvalue weighted by molar-refractivity contribution is 5.83. The van der Waals surface area contributed by atoms with Crippen molar-refractivity contribution in [1.29, 1.82) is 0 Å². The van der Waals surface area contributed by atoms with Gasteiger partial charge in [0.1, 0.15) is 12.4 Å². The fourth-order valence-electron chi connectivity index (χ4n) is 5.54. The topological polar surface area (TPSA) is 93.9 Å². The van der Waals surface area contributed by atoms with Crippen molar-refractivity contribution in [3.8, 4) is 17.2 Å². The molecular weight excluding hydrogens is 544 g/mol. The summed E-state index contributed by atoms with van der Waals surface area (Å²) in [5, 5.41) is 7.39. The quantitative estimate of drug-likeness (QED) is 0.286. The summed E-state index contributed by atoms with van der Waals surface area (Å²) in [7, 11) is 3.24. The number of piperazine rings is 1. The van der Waals surface area contributed by atoms with E-state index in [4.69, 9.17) is 9.47 Å². The van der Waals surface area contributed by atoms with Crippen LogP contribution in [0.3, 0.4) is 0 Å². The van der Waals surface area contributed by atoms with Gasteiger partial charge in [0.05, 0.1) is 25.9 Å². The van der Waals surface area contributed by atoms with E-state index in [1.54, 1.807) is 25.1 Å². The first-order valence-corrected chi connectivity index (χ1v) is 14.7. The smallest absolute Gasteiger partial charge is 0.350 e. The number of ether oxygens (including phenoxy) is 2. The lowest BCUT2D eigenvalue weighted by atomic mass is 10.0. The highest BCUT2D eigenvalue weighted by atomic mass is 16.5. The Hall–Kier alpha value is -4.57. The number of methoxy groups -OCH3 is 2. The van der Waals surface area contributed by atoms with Crippen molar-refractivity contribution in [3.05, 3.63) is 101 Å². The highest BCUT2D eigenvalue weighted by Crippen LogP contribution is 2.28. The maximum atomic E-state index is 13.6. The Morgan fingerprint density at radius 2 is 1.56 bits per heavy atom. The van der Waals surface area contributed by atoms with Crippen LogP contribution in [-0.4, -0.2) is 72.1 Å². The van der Waals surface area contributed by atoms with Gasteiger partial charge in [-0.25, -0.2) is 14.0 Å². The summed E-state index contributed by atoms with van der Waals surface area (Å²) >= 11 is 0. The van der Waals surface area contributed by atoms with Gasteiger partial charge in [0.25, 0.3) is 0 Å². The Morgan fingerprint density at radius 3 is 2.19 bits per heavy atom. The van der Waals surface area contributed by atoms with Gasteiger partial charge < -0.3 is 19.7 Å². The van der Waals surface area contributed by atoms with Crippen molar-refractivity contribution < 1.29 is 14.3 Å². The van der Waals surface area contributed by atoms with E-state index in [0.717, 1.165) is 48.7 Å². The number of carbonyl (C=O) groups excluding carboxylic acids is 1. The normalized spacial score (nSPS) is 14.5. The first-order valence-electron chi connectivity index (χ1n) is 14.7. The Morgan fingerprint density at radius 1 is 0.884 bits per heavy atom. The summed E-state index contributed by atoms with van der Waals surface area (Å²) < 4.78 is 13.8. The third-order valence-electron chi connectivity index (χ3n) is 7.88. The molecule has 0 aliphatic carbocycles. The molecule has 1 aromatic heterocycles. The van der Waals surface area contributed by atoms with Crippen LogP contribution in [0.5, 0.6) is 11.5 Å². The van der Waals surface area contributed by atoms with E-state index in [1.807, 2.05) is 86.6 Å². The third-order valence-corrected chi connectivity index (χ3v) is 7.88. The molecule has 226 valence electrons. The summed E-state index contributed by atoms with van der Waals surface area (Å²) in [6, 6.07) is 23.4. The van der Waals surface area contributed by atoms with Crippen molar-refractivity contribution in [2.24, 2.45) is 0 Å². The van der Waals surface area contributed by atoms with Crippen LogP contribution in [0.2, 0.25) is 0 Å². The van der Waals surface area contributed by atoms with Gasteiger partial charge in [-0.15, -0.1) is 0 Å². The van der Waals surface area contributed by atoms with Crippen LogP contribution >= 0.6 is 0 Å². The largest absolute Gasteiger partial charge is 0.493 e. The fraction of sp³-hybridized carbons (Fsp3) is 0.364. The molecule has 10 heteroatoms. The molecule has 1 aliphatic rings. The zero-order valence-corrected chi connectivity index (χ0v) is 25.3. The van der Waals surface area contributed by atoms with Gasteiger partial charge in [-0.05, 0) is 67.8 Å². The predicted molar refractivity (Wildman–Crippen MR) is 167 cm³/mol. The van der Waals surface area contributed by atoms with Gasteiger partial charge in [-0.3, -0.25) is 9.69 Å². The molecule has 0 spiro atoms. The molecule has 3 aromatic carbocycles. The molecule has 0 bridgehead atoms. The first kappa shape index (κ1) is 29.9. The molecule has 0 radical (unpaired) electrons. The van der Waals surface area contributed by atoms with Crippen molar-refractivity contribution in [2.45, 2.75) is 32.4 Å². The minimum atomic E-state index is -0.375. The van der Waals surface area contributed by atoms with Crippen LogP contribution in [0.1, 0.15) is 37.1 Å². The van der Waals surface area contributed by atoms with E-state index in [9.17, 15) is 9.59 Å². The lowest BCUT2D eigenvalue weighted by Gasteiger charge is -2.39. The number of amides is 1. The van der Waals surface area contributed by atoms with Gasteiger partial charge in [-0.2, -0.15) is 5.10 Å². The number of benzene rings is 3. The predicted octanol–water partition coefficient (Wildman–Crippen LogP) is 3.85. The number of carbonyl (C=O) groups is 1. The summed E-state index contributed by atoms with van der Waals surface area (Å²) in [6.45, 7) is 7.44. The second-order valence-electron chi connectivity index (χ2n) is 10.9. The molecule has 1 fully saturated rings. The zero-order chi connectivity index (χ0) is 30.3. The molecule has 1 unspecified atom stereocenters. The van der Waals surface area contributed by atoms with E-state index in [0.29, 0.717) is 24.5 Å². The van der Waals surface area contributed by atoms with Gasteiger partial charge in [-0.1, -0.05) is 36.4 Å². The Labute approximate surface area is 252 Å². The number of hydrogen-bond donors (Lipinski definition) is 1. The van der Waals surface area contributed by atoms with Gasteiger partial charge in [0.15, 0.2) is 11.5 Å². The zero-order valence-electron chi connectivity index (χ0n) is 25.3. The molecule has 1 amide bonds. The summed E-state index contributed by atoms with van der Waals surface area (Å²) in [4.78, 5) is 30.8. The van der Waals surface area contributed by atoms with E-state index >= 15 is 0 Å². The summed E-state index contributed by atoms with van der Waals surface area (Å²) in [5.41, 5.74) is 3.77. The van der Waals surface area contributed by atoms with Crippen molar-refractivity contribution in [2.75, 3.05) is 51.8 Å². The number of nitrogens with zero attached hydrogens (tertiary/aromatic N) is 5. The molecule has 4 aromatic rings. The van der Waals surface area contributed by atoms with Crippen molar-refractivity contribution in [3.63, 3.8) is 0 Å². The summed E-state index contributed by atoms with van der Waals surface area (Å²) in [6.07, 6.45) is 2.25. The molecule has 1 N–H and O–H groups in total. The third kappa shape index (κ3) is 6.75. The Balaban J connectivity index is 1.22. The number of aromatic nitrogens is 3. The SMILES string of the molecule is COc1ccc(CCNC(=O)C(c2ccccc2)N2CCN(c3ccc(-n4cnn(C(C)C)c4=O)cc3)CC2)cc1OC. The second kappa shape index (κ2) is 13.6. The Kier molecular flexibility index (Phi) is 9.46. The fourth-order valence-corrected chi connectivity index (χ4v) is 5.54. The van der Waals surface area contributed by atoms with Gasteiger partial charge in [0, 0.05) is 38.4 Å².